The molecule has 0 aliphatic rings. The van der Waals surface area contributed by atoms with Crippen LogP contribution in [0.5, 0.6) is 0 Å². The van der Waals surface area contributed by atoms with Gasteiger partial charge in [-0.15, -0.1) is 6.58 Å². The van der Waals surface area contributed by atoms with Crippen molar-refractivity contribution in [3.8, 4) is 0 Å². The van der Waals surface area contributed by atoms with Gasteiger partial charge >= 0.3 is 0 Å². The SMILES string of the molecule is C=CCCN[C@H](/C=C\c1ccccc1)[C@H](CC)OCc1ccccc1. The monoisotopic (exact) mass is 335 g/mol. The number of rotatable bonds is 11. The standard InChI is InChI=1S/C23H29NO/c1-3-5-18-24-22(17-16-20-12-8-6-9-13-20)23(4-2)25-19-21-14-10-7-11-15-21/h3,6-17,22-24H,1,4-5,18-19H2,2H3/b17-16-/t22-,23+/m1/s1. The van der Waals surface area contributed by atoms with Crippen LogP contribution in [0.4, 0.5) is 0 Å². The van der Waals surface area contributed by atoms with Gasteiger partial charge in [-0.2, -0.15) is 0 Å². The van der Waals surface area contributed by atoms with Crippen LogP contribution in [0.15, 0.2) is 79.4 Å². The smallest absolute Gasteiger partial charge is 0.0765 e. The van der Waals surface area contributed by atoms with Crippen LogP contribution in [-0.2, 0) is 11.3 Å². The molecule has 0 fully saturated rings. The van der Waals surface area contributed by atoms with Crippen LogP contribution in [0.2, 0.25) is 0 Å². The average molecular weight is 335 g/mol. The second kappa shape index (κ2) is 11.4. The van der Waals surface area contributed by atoms with Crippen molar-refractivity contribution in [3.05, 3.63) is 90.5 Å². The van der Waals surface area contributed by atoms with Crippen LogP contribution in [0.3, 0.4) is 0 Å². The van der Waals surface area contributed by atoms with Gasteiger partial charge in [0.05, 0.1) is 18.8 Å². The minimum absolute atomic E-state index is 0.130. The molecule has 0 aromatic heterocycles. The van der Waals surface area contributed by atoms with Gasteiger partial charge in [-0.3, -0.25) is 0 Å². The molecule has 2 atom stereocenters. The highest BCUT2D eigenvalue weighted by Crippen LogP contribution is 2.12. The molecule has 2 heteroatoms. The molecule has 132 valence electrons. The normalized spacial score (nSPS) is 13.6. The van der Waals surface area contributed by atoms with E-state index in [1.807, 2.05) is 18.2 Å². The molecule has 0 aliphatic carbocycles. The van der Waals surface area contributed by atoms with Crippen molar-refractivity contribution in [2.24, 2.45) is 0 Å². The van der Waals surface area contributed by atoms with Gasteiger partial charge in [0.2, 0.25) is 0 Å². The van der Waals surface area contributed by atoms with Gasteiger partial charge in [0, 0.05) is 0 Å². The highest BCUT2D eigenvalue weighted by Gasteiger charge is 2.17. The summed E-state index contributed by atoms with van der Waals surface area (Å²) in [6.45, 7) is 7.52. The lowest BCUT2D eigenvalue weighted by Gasteiger charge is -2.25. The first-order valence-electron chi connectivity index (χ1n) is 9.06. The first-order chi connectivity index (χ1) is 12.3. The maximum Gasteiger partial charge on any atom is 0.0765 e. The van der Waals surface area contributed by atoms with E-state index >= 15 is 0 Å². The Kier molecular flexibility index (Phi) is 8.74. The van der Waals surface area contributed by atoms with Crippen molar-refractivity contribution >= 4 is 6.08 Å². The number of hydrogen-bond acceptors (Lipinski definition) is 2. The third kappa shape index (κ3) is 7.08. The zero-order chi connectivity index (χ0) is 17.7. The second-order valence-electron chi connectivity index (χ2n) is 6.07. The molecule has 0 spiro atoms. The fourth-order valence-electron chi connectivity index (χ4n) is 2.71. The van der Waals surface area contributed by atoms with Gasteiger partial charge in [0.15, 0.2) is 0 Å². The lowest BCUT2D eigenvalue weighted by atomic mass is 10.1. The fourth-order valence-corrected chi connectivity index (χ4v) is 2.71. The Morgan fingerprint density at radius 2 is 1.72 bits per heavy atom. The van der Waals surface area contributed by atoms with Crippen molar-refractivity contribution in [1.82, 2.24) is 5.32 Å². The molecule has 2 aromatic carbocycles. The Morgan fingerprint density at radius 1 is 1.04 bits per heavy atom. The molecule has 2 aromatic rings. The van der Waals surface area contributed by atoms with Crippen LogP contribution in [0, 0.1) is 0 Å². The lowest BCUT2D eigenvalue weighted by molar-refractivity contribution is 0.0231. The van der Waals surface area contributed by atoms with E-state index < -0.39 is 0 Å². The molecule has 25 heavy (non-hydrogen) atoms. The molecule has 0 amide bonds. The van der Waals surface area contributed by atoms with Gasteiger partial charge in [-0.05, 0) is 30.5 Å². The summed E-state index contributed by atoms with van der Waals surface area (Å²) in [6, 6.07) is 20.9. The summed E-state index contributed by atoms with van der Waals surface area (Å²) in [6.07, 6.45) is 8.36. The quantitative estimate of drug-likeness (QED) is 0.448. The predicted molar refractivity (Wildman–Crippen MR) is 107 cm³/mol. The van der Waals surface area contributed by atoms with Gasteiger partial charge in [-0.25, -0.2) is 0 Å². The molecule has 0 bridgehead atoms. The number of ether oxygens (including phenoxy) is 1. The Labute approximate surface area is 152 Å². The maximum atomic E-state index is 6.22. The van der Waals surface area contributed by atoms with Crippen LogP contribution in [-0.4, -0.2) is 18.7 Å². The molecule has 1 N–H and O–H groups in total. The number of benzene rings is 2. The van der Waals surface area contributed by atoms with Gasteiger partial charge < -0.3 is 10.1 Å². The van der Waals surface area contributed by atoms with Crippen LogP contribution < -0.4 is 5.32 Å². The summed E-state index contributed by atoms with van der Waals surface area (Å²) >= 11 is 0. The maximum absolute atomic E-state index is 6.22. The third-order valence-electron chi connectivity index (χ3n) is 4.13. The van der Waals surface area contributed by atoms with Crippen LogP contribution >= 0.6 is 0 Å². The van der Waals surface area contributed by atoms with Crippen LogP contribution in [0.25, 0.3) is 6.08 Å². The zero-order valence-electron chi connectivity index (χ0n) is 15.1. The zero-order valence-corrected chi connectivity index (χ0v) is 15.1. The summed E-state index contributed by atoms with van der Waals surface area (Å²) < 4.78 is 6.22. The molecule has 0 unspecified atom stereocenters. The Bertz CT molecular complexity index is 621. The fraction of sp³-hybridized carbons (Fsp3) is 0.304. The Morgan fingerprint density at radius 3 is 2.36 bits per heavy atom. The molecule has 0 heterocycles. The number of nitrogens with one attached hydrogen (secondary N) is 1. The van der Waals surface area contributed by atoms with Crippen molar-refractivity contribution in [2.45, 2.75) is 38.5 Å². The highest BCUT2D eigenvalue weighted by molar-refractivity contribution is 5.49. The molecule has 2 nitrogen and oxygen atoms in total. The van der Waals surface area contributed by atoms with E-state index in [1.54, 1.807) is 0 Å². The van der Waals surface area contributed by atoms with Crippen molar-refractivity contribution < 1.29 is 4.74 Å². The van der Waals surface area contributed by atoms with E-state index in [2.05, 4.69) is 79.5 Å². The Balaban J connectivity index is 2.02. The molecule has 0 saturated carbocycles. The van der Waals surface area contributed by atoms with E-state index in [0.29, 0.717) is 6.61 Å². The molecule has 2 rings (SSSR count). The summed E-state index contributed by atoms with van der Waals surface area (Å²) in [7, 11) is 0. The molecule has 0 saturated heterocycles. The molecule has 0 aliphatic heterocycles. The van der Waals surface area contributed by atoms with E-state index in [9.17, 15) is 0 Å². The van der Waals surface area contributed by atoms with E-state index in [4.69, 9.17) is 4.74 Å². The van der Waals surface area contributed by atoms with Crippen molar-refractivity contribution in [2.75, 3.05) is 6.54 Å². The third-order valence-corrected chi connectivity index (χ3v) is 4.13. The Hall–Kier alpha value is -2.16. The van der Waals surface area contributed by atoms with Gasteiger partial charge in [-0.1, -0.05) is 85.8 Å². The average Bonchev–Trinajstić information content (AvgIpc) is 2.67. The first kappa shape index (κ1) is 19.2. The summed E-state index contributed by atoms with van der Waals surface area (Å²) in [5.74, 6) is 0. The number of hydrogen-bond donors (Lipinski definition) is 1. The van der Waals surface area contributed by atoms with E-state index in [1.165, 1.54) is 11.1 Å². The van der Waals surface area contributed by atoms with Crippen LogP contribution in [0.1, 0.15) is 30.9 Å². The second-order valence-corrected chi connectivity index (χ2v) is 6.07. The van der Waals surface area contributed by atoms with Gasteiger partial charge in [0.25, 0.3) is 0 Å². The summed E-state index contributed by atoms with van der Waals surface area (Å²) in [5, 5.41) is 3.60. The minimum atomic E-state index is 0.130. The molecular formula is C23H29NO. The minimum Gasteiger partial charge on any atom is -0.372 e. The predicted octanol–water partition coefficient (Wildman–Crippen LogP) is 5.23. The molecule has 0 radical (unpaired) electrons. The highest BCUT2D eigenvalue weighted by atomic mass is 16.5. The molecular weight excluding hydrogens is 306 g/mol. The summed E-state index contributed by atoms with van der Waals surface area (Å²) in [5.41, 5.74) is 2.41. The summed E-state index contributed by atoms with van der Waals surface area (Å²) in [4.78, 5) is 0. The van der Waals surface area contributed by atoms with Crippen molar-refractivity contribution in [1.29, 1.82) is 0 Å². The van der Waals surface area contributed by atoms with E-state index in [-0.39, 0.29) is 12.1 Å². The van der Waals surface area contributed by atoms with E-state index in [0.717, 1.165) is 19.4 Å². The largest absolute Gasteiger partial charge is 0.372 e. The topological polar surface area (TPSA) is 21.3 Å². The lowest BCUT2D eigenvalue weighted by Crippen LogP contribution is -2.40. The first-order valence-corrected chi connectivity index (χ1v) is 9.06. The van der Waals surface area contributed by atoms with Gasteiger partial charge in [0.1, 0.15) is 0 Å². The van der Waals surface area contributed by atoms with Crippen molar-refractivity contribution in [3.63, 3.8) is 0 Å².